The van der Waals surface area contributed by atoms with Crippen molar-refractivity contribution in [2.24, 2.45) is 5.73 Å². The van der Waals surface area contributed by atoms with Crippen molar-refractivity contribution in [2.75, 3.05) is 13.2 Å². The van der Waals surface area contributed by atoms with E-state index in [9.17, 15) is 4.39 Å². The molecule has 1 aliphatic heterocycles. The summed E-state index contributed by atoms with van der Waals surface area (Å²) in [6, 6.07) is 6.62. The topological polar surface area (TPSA) is 35.2 Å². The zero-order valence-electron chi connectivity index (χ0n) is 7.29. The first-order valence-corrected chi connectivity index (χ1v) is 4.34. The molecule has 2 nitrogen and oxygen atoms in total. The van der Waals surface area contributed by atoms with E-state index in [-0.39, 0.29) is 5.82 Å². The fourth-order valence-corrected chi connectivity index (χ4v) is 1.66. The lowest BCUT2D eigenvalue weighted by molar-refractivity contribution is 0.177. The third kappa shape index (κ3) is 1.45. The van der Waals surface area contributed by atoms with Gasteiger partial charge in [-0.15, -0.1) is 0 Å². The van der Waals surface area contributed by atoms with Crippen LogP contribution in [0.25, 0.3) is 0 Å². The van der Waals surface area contributed by atoms with Gasteiger partial charge in [0.05, 0.1) is 12.1 Å². The molecule has 70 valence electrons. The highest BCUT2D eigenvalue weighted by Crippen LogP contribution is 2.29. The van der Waals surface area contributed by atoms with Gasteiger partial charge in [0, 0.05) is 12.2 Å². The second-order valence-electron chi connectivity index (χ2n) is 3.44. The van der Waals surface area contributed by atoms with Crippen LogP contribution in [0.15, 0.2) is 24.3 Å². The first kappa shape index (κ1) is 8.66. The lowest BCUT2D eigenvalue weighted by Gasteiger charge is -2.22. The first-order valence-electron chi connectivity index (χ1n) is 4.34. The molecule has 1 atom stereocenters. The SMILES string of the molecule is N[C@]1(c2ccccc2F)CCOC1. The Morgan fingerprint density at radius 3 is 2.77 bits per heavy atom. The molecule has 0 aliphatic carbocycles. The second kappa shape index (κ2) is 3.09. The van der Waals surface area contributed by atoms with Gasteiger partial charge in [-0.3, -0.25) is 0 Å². The van der Waals surface area contributed by atoms with Crippen molar-refractivity contribution in [1.82, 2.24) is 0 Å². The molecule has 1 heterocycles. The fraction of sp³-hybridized carbons (Fsp3) is 0.400. The Bertz CT molecular complexity index is 308. The number of rotatable bonds is 1. The number of hydrogen-bond acceptors (Lipinski definition) is 2. The number of nitrogens with two attached hydrogens (primary N) is 1. The Labute approximate surface area is 76.5 Å². The molecule has 3 heteroatoms. The monoisotopic (exact) mass is 181 g/mol. The number of halogens is 1. The number of hydrogen-bond donors (Lipinski definition) is 1. The average molecular weight is 181 g/mol. The summed E-state index contributed by atoms with van der Waals surface area (Å²) in [4.78, 5) is 0. The maximum absolute atomic E-state index is 13.4. The van der Waals surface area contributed by atoms with Gasteiger partial charge in [-0.2, -0.15) is 0 Å². The van der Waals surface area contributed by atoms with E-state index in [0.29, 0.717) is 25.2 Å². The van der Waals surface area contributed by atoms with Crippen LogP contribution in [-0.2, 0) is 10.3 Å². The van der Waals surface area contributed by atoms with Gasteiger partial charge in [-0.05, 0) is 12.5 Å². The Morgan fingerprint density at radius 1 is 1.38 bits per heavy atom. The Balaban J connectivity index is 2.39. The molecule has 0 spiro atoms. The highest BCUT2D eigenvalue weighted by Gasteiger charge is 2.34. The minimum absolute atomic E-state index is 0.240. The molecular weight excluding hydrogens is 169 g/mol. The zero-order valence-corrected chi connectivity index (χ0v) is 7.29. The van der Waals surface area contributed by atoms with E-state index >= 15 is 0 Å². The molecule has 1 aromatic carbocycles. The lowest BCUT2D eigenvalue weighted by Crippen LogP contribution is -2.37. The summed E-state index contributed by atoms with van der Waals surface area (Å²) >= 11 is 0. The van der Waals surface area contributed by atoms with E-state index in [1.54, 1.807) is 18.2 Å². The molecule has 1 fully saturated rings. The predicted octanol–water partition coefficient (Wildman–Crippen LogP) is 1.40. The van der Waals surface area contributed by atoms with Crippen molar-refractivity contribution in [3.05, 3.63) is 35.6 Å². The smallest absolute Gasteiger partial charge is 0.128 e. The Kier molecular flexibility index (Phi) is 2.06. The average Bonchev–Trinajstić information content (AvgIpc) is 2.54. The molecule has 0 unspecified atom stereocenters. The quantitative estimate of drug-likeness (QED) is 0.710. The van der Waals surface area contributed by atoms with E-state index in [1.165, 1.54) is 6.07 Å². The molecule has 2 rings (SSSR count). The molecule has 0 amide bonds. The van der Waals surface area contributed by atoms with Crippen molar-refractivity contribution in [3.8, 4) is 0 Å². The van der Waals surface area contributed by atoms with Crippen LogP contribution in [0.4, 0.5) is 4.39 Å². The first-order chi connectivity index (χ1) is 6.22. The molecule has 13 heavy (non-hydrogen) atoms. The lowest BCUT2D eigenvalue weighted by atomic mass is 9.90. The van der Waals surface area contributed by atoms with Crippen LogP contribution in [-0.4, -0.2) is 13.2 Å². The van der Waals surface area contributed by atoms with Gasteiger partial charge >= 0.3 is 0 Å². The summed E-state index contributed by atoms with van der Waals surface area (Å²) in [7, 11) is 0. The third-order valence-corrected chi connectivity index (χ3v) is 2.46. The maximum atomic E-state index is 13.4. The van der Waals surface area contributed by atoms with E-state index < -0.39 is 5.54 Å². The van der Waals surface area contributed by atoms with Crippen LogP contribution >= 0.6 is 0 Å². The van der Waals surface area contributed by atoms with Crippen molar-refractivity contribution in [2.45, 2.75) is 12.0 Å². The second-order valence-corrected chi connectivity index (χ2v) is 3.44. The summed E-state index contributed by atoms with van der Waals surface area (Å²) in [6.45, 7) is 1.03. The largest absolute Gasteiger partial charge is 0.379 e. The summed E-state index contributed by atoms with van der Waals surface area (Å²) in [5.41, 5.74) is 5.96. The number of ether oxygens (including phenoxy) is 1. The van der Waals surface area contributed by atoms with E-state index in [2.05, 4.69) is 0 Å². The van der Waals surface area contributed by atoms with Gasteiger partial charge in [-0.1, -0.05) is 18.2 Å². The highest BCUT2D eigenvalue weighted by molar-refractivity contribution is 5.26. The van der Waals surface area contributed by atoms with Gasteiger partial charge < -0.3 is 10.5 Å². The molecule has 0 radical (unpaired) electrons. The predicted molar refractivity (Wildman–Crippen MR) is 47.7 cm³/mol. The molecule has 0 aromatic heterocycles. The molecule has 1 saturated heterocycles. The van der Waals surface area contributed by atoms with E-state index in [4.69, 9.17) is 10.5 Å². The van der Waals surface area contributed by atoms with Crippen LogP contribution in [0.3, 0.4) is 0 Å². The van der Waals surface area contributed by atoms with Crippen LogP contribution in [0.2, 0.25) is 0 Å². The summed E-state index contributed by atoms with van der Waals surface area (Å²) in [6.07, 6.45) is 0.688. The molecule has 1 aromatic rings. The van der Waals surface area contributed by atoms with Crippen LogP contribution in [0, 0.1) is 5.82 Å². The zero-order chi connectivity index (χ0) is 9.31. The van der Waals surface area contributed by atoms with Crippen molar-refractivity contribution >= 4 is 0 Å². The Morgan fingerprint density at radius 2 is 2.15 bits per heavy atom. The van der Waals surface area contributed by atoms with Gasteiger partial charge in [0.25, 0.3) is 0 Å². The Hall–Kier alpha value is -0.930. The minimum Gasteiger partial charge on any atom is -0.379 e. The van der Waals surface area contributed by atoms with Crippen molar-refractivity contribution in [1.29, 1.82) is 0 Å². The summed E-state index contributed by atoms with van der Waals surface area (Å²) in [5.74, 6) is -0.240. The number of benzene rings is 1. The molecule has 1 aliphatic rings. The van der Waals surface area contributed by atoms with Crippen molar-refractivity contribution in [3.63, 3.8) is 0 Å². The molecule has 2 N–H and O–H groups in total. The molecule has 0 bridgehead atoms. The minimum atomic E-state index is -0.620. The standard InChI is InChI=1S/C10H12FNO/c11-9-4-2-1-3-8(9)10(12)5-6-13-7-10/h1-4H,5-7,12H2/t10-/m1/s1. The van der Waals surface area contributed by atoms with Gasteiger partial charge in [0.1, 0.15) is 5.82 Å². The highest BCUT2D eigenvalue weighted by atomic mass is 19.1. The van der Waals surface area contributed by atoms with Crippen LogP contribution < -0.4 is 5.73 Å². The molecule has 0 saturated carbocycles. The maximum Gasteiger partial charge on any atom is 0.128 e. The van der Waals surface area contributed by atoms with E-state index in [0.717, 1.165) is 0 Å². The van der Waals surface area contributed by atoms with Crippen LogP contribution in [0.5, 0.6) is 0 Å². The molecular formula is C10H12FNO. The van der Waals surface area contributed by atoms with Gasteiger partial charge in [0.2, 0.25) is 0 Å². The van der Waals surface area contributed by atoms with E-state index in [1.807, 2.05) is 0 Å². The summed E-state index contributed by atoms with van der Waals surface area (Å²) in [5, 5.41) is 0. The van der Waals surface area contributed by atoms with Crippen molar-refractivity contribution < 1.29 is 9.13 Å². The van der Waals surface area contributed by atoms with Gasteiger partial charge in [-0.25, -0.2) is 4.39 Å². The summed E-state index contributed by atoms with van der Waals surface area (Å²) < 4.78 is 18.5. The normalized spacial score (nSPS) is 27.8. The van der Waals surface area contributed by atoms with Crippen LogP contribution in [0.1, 0.15) is 12.0 Å². The fourth-order valence-electron chi connectivity index (χ4n) is 1.66. The van der Waals surface area contributed by atoms with Gasteiger partial charge in [0.15, 0.2) is 0 Å². The third-order valence-electron chi connectivity index (χ3n) is 2.46.